The van der Waals surface area contributed by atoms with E-state index in [4.69, 9.17) is 0 Å². The Morgan fingerprint density at radius 1 is 0.274 bits per heavy atom. The average Bonchev–Trinajstić information content (AvgIpc) is 4.03. The van der Waals surface area contributed by atoms with E-state index in [2.05, 4.69) is 237 Å². The van der Waals surface area contributed by atoms with Crippen molar-refractivity contribution in [2.75, 3.05) is 0 Å². The molecule has 0 saturated carbocycles. The van der Waals surface area contributed by atoms with Gasteiger partial charge in [-0.05, 0) is 212 Å². The Kier molecular flexibility index (Phi) is 8.98. The van der Waals surface area contributed by atoms with Crippen LogP contribution < -0.4 is 0 Å². The van der Waals surface area contributed by atoms with Crippen LogP contribution in [0.5, 0.6) is 0 Å². The Morgan fingerprint density at radius 2 is 0.849 bits per heavy atom. The number of aryl methyl sites for hydroxylation is 2. The molecule has 0 heteroatoms. The van der Waals surface area contributed by atoms with Gasteiger partial charge in [-0.1, -0.05) is 219 Å². The summed E-state index contributed by atoms with van der Waals surface area (Å²) in [5, 5.41) is 23.8. The van der Waals surface area contributed by atoms with Crippen molar-refractivity contribution in [1.29, 1.82) is 0 Å². The highest BCUT2D eigenvalue weighted by Crippen LogP contribution is 2.58. The average molecular weight is 935 g/mol. The first-order chi connectivity index (χ1) is 34.8. The number of rotatable bonds is 3. The van der Waals surface area contributed by atoms with Gasteiger partial charge in [0.2, 0.25) is 0 Å². The fraction of sp³-hybridized carbons (Fsp3) is 0.151. The number of benzene rings is 12. The lowest BCUT2D eigenvalue weighted by molar-refractivity contribution is 0.590. The zero-order chi connectivity index (χ0) is 48.7. The van der Waals surface area contributed by atoms with Gasteiger partial charge in [0.25, 0.3) is 0 Å². The normalized spacial score (nSPS) is 12.8. The molecule has 0 bridgehead atoms. The second-order valence-electron chi connectivity index (χ2n) is 23.2. The lowest BCUT2D eigenvalue weighted by atomic mass is 9.81. The van der Waals surface area contributed by atoms with Gasteiger partial charge in [0.15, 0.2) is 0 Å². The van der Waals surface area contributed by atoms with Crippen LogP contribution in [-0.4, -0.2) is 0 Å². The largest absolute Gasteiger partial charge is 0.0776 e. The van der Waals surface area contributed by atoms with Crippen LogP contribution >= 0.6 is 0 Å². The molecule has 14 aromatic carbocycles. The van der Waals surface area contributed by atoms with Crippen molar-refractivity contribution in [3.63, 3.8) is 0 Å². The SMILES string of the molecule is C.Cc1cc2c3c(c(C)cc(-c4ccc5c6c(-c7ccc(C(C)(C)C)cc7)c7cc8c9ccccc9c9cccc(c7c(-c7ccc(C(C)(C)C)cc7)c6c6cc7ccccc7c4c56)c98)c3c1)-c1ccccc1-2. The zero-order valence-corrected chi connectivity index (χ0v) is 42.3. The van der Waals surface area contributed by atoms with Crippen LogP contribution in [0.4, 0.5) is 0 Å². The van der Waals surface area contributed by atoms with Crippen LogP contribution in [0.2, 0.25) is 0 Å². The Morgan fingerprint density at radius 3 is 1.55 bits per heavy atom. The summed E-state index contributed by atoms with van der Waals surface area (Å²) in [6, 6.07) is 71.0. The zero-order valence-electron chi connectivity index (χ0n) is 42.3. The van der Waals surface area contributed by atoms with Gasteiger partial charge in [-0.3, -0.25) is 0 Å². The molecule has 73 heavy (non-hydrogen) atoms. The second kappa shape index (κ2) is 15.0. The summed E-state index contributed by atoms with van der Waals surface area (Å²) in [6.07, 6.45) is 0. The minimum absolute atomic E-state index is 0. The molecule has 1 aliphatic rings. The summed E-state index contributed by atoms with van der Waals surface area (Å²) in [5.41, 5.74) is 18.5. The van der Waals surface area contributed by atoms with Crippen molar-refractivity contribution in [1.82, 2.24) is 0 Å². The summed E-state index contributed by atoms with van der Waals surface area (Å²) in [6.45, 7) is 18.5. The van der Waals surface area contributed by atoms with E-state index in [9.17, 15) is 0 Å². The van der Waals surface area contributed by atoms with E-state index in [1.165, 1.54) is 175 Å². The molecule has 0 heterocycles. The summed E-state index contributed by atoms with van der Waals surface area (Å²) in [7, 11) is 0. The maximum absolute atomic E-state index is 2.58. The molecule has 14 aromatic rings. The topological polar surface area (TPSA) is 0 Å². The maximum atomic E-state index is 2.58. The molecule has 0 N–H and O–H groups in total. The molecule has 0 saturated heterocycles. The van der Waals surface area contributed by atoms with Gasteiger partial charge in [0.1, 0.15) is 0 Å². The fourth-order valence-electron chi connectivity index (χ4n) is 13.7. The van der Waals surface area contributed by atoms with Crippen molar-refractivity contribution >= 4 is 97.0 Å². The molecule has 1 aliphatic carbocycles. The second-order valence-corrected chi connectivity index (χ2v) is 23.2. The molecule has 0 aliphatic heterocycles. The molecule has 0 radical (unpaired) electrons. The van der Waals surface area contributed by atoms with Crippen molar-refractivity contribution in [3.8, 4) is 55.6 Å². The molecule has 0 spiro atoms. The highest BCUT2D eigenvalue weighted by Gasteiger charge is 2.31. The lowest BCUT2D eigenvalue weighted by Gasteiger charge is -2.22. The lowest BCUT2D eigenvalue weighted by Crippen LogP contribution is -2.10. The molecular formula is C73H58. The summed E-state index contributed by atoms with van der Waals surface area (Å²) in [5.74, 6) is 0. The minimum atomic E-state index is 0. The van der Waals surface area contributed by atoms with Crippen molar-refractivity contribution in [3.05, 3.63) is 204 Å². The van der Waals surface area contributed by atoms with Crippen LogP contribution in [0.25, 0.3) is 153 Å². The maximum Gasteiger partial charge on any atom is -0.000697 e. The third-order valence-electron chi connectivity index (χ3n) is 16.9. The van der Waals surface area contributed by atoms with Crippen molar-refractivity contribution in [2.24, 2.45) is 0 Å². The molecule has 0 amide bonds. The van der Waals surface area contributed by atoms with E-state index < -0.39 is 0 Å². The molecule has 0 atom stereocenters. The van der Waals surface area contributed by atoms with Crippen molar-refractivity contribution in [2.45, 2.75) is 73.6 Å². The monoisotopic (exact) mass is 934 g/mol. The molecule has 0 unspecified atom stereocenters. The quantitative estimate of drug-likeness (QED) is 0.155. The van der Waals surface area contributed by atoms with Crippen LogP contribution in [0, 0.1) is 13.8 Å². The number of fused-ring (bicyclic) bond motifs is 13. The Balaban J connectivity index is 0.00000493. The van der Waals surface area contributed by atoms with E-state index in [0.717, 1.165) is 0 Å². The Labute approximate surface area is 428 Å². The summed E-state index contributed by atoms with van der Waals surface area (Å²) < 4.78 is 0. The number of hydrogen-bond acceptors (Lipinski definition) is 0. The van der Waals surface area contributed by atoms with Gasteiger partial charge in [-0.25, -0.2) is 0 Å². The van der Waals surface area contributed by atoms with E-state index in [1.807, 2.05) is 0 Å². The third kappa shape index (κ3) is 5.90. The van der Waals surface area contributed by atoms with E-state index in [0.29, 0.717) is 0 Å². The fourth-order valence-corrected chi connectivity index (χ4v) is 13.7. The first-order valence-electron chi connectivity index (χ1n) is 25.9. The van der Waals surface area contributed by atoms with Crippen LogP contribution in [0.3, 0.4) is 0 Å². The standard InChI is InChI=1S/C72H54.CH4/c1-39-34-56-49-20-13-14-21-50(49)61-40(2)36-55(57(35-39)68(56)61)52-32-33-54-67-59(37-43-16-9-10-17-46(43)65(52)67)70-63(42-26-30-45(31-27-42)72(6,7)8)66-53-23-15-22-51-47-18-11-12-19-48(47)58(64(51)53)38-60(66)62(69(54)70)41-24-28-44(29-25-41)71(3,4)5;/h9-38H,1-8H3;1H4. The predicted octanol–water partition coefficient (Wildman–Crippen LogP) is 21.4. The summed E-state index contributed by atoms with van der Waals surface area (Å²) >= 11 is 0. The van der Waals surface area contributed by atoms with Crippen LogP contribution in [0.15, 0.2) is 182 Å². The van der Waals surface area contributed by atoms with Crippen LogP contribution in [0.1, 0.15) is 71.2 Å². The van der Waals surface area contributed by atoms with Gasteiger partial charge >= 0.3 is 0 Å². The van der Waals surface area contributed by atoms with Gasteiger partial charge in [-0.15, -0.1) is 0 Å². The van der Waals surface area contributed by atoms with Gasteiger partial charge in [0.05, 0.1) is 0 Å². The Bertz CT molecular complexity index is 4660. The molecule has 350 valence electrons. The highest BCUT2D eigenvalue weighted by atomic mass is 14.3. The molecule has 0 fully saturated rings. The van der Waals surface area contributed by atoms with E-state index in [-0.39, 0.29) is 18.3 Å². The predicted molar refractivity (Wildman–Crippen MR) is 321 cm³/mol. The summed E-state index contributed by atoms with van der Waals surface area (Å²) in [4.78, 5) is 0. The van der Waals surface area contributed by atoms with Gasteiger partial charge < -0.3 is 0 Å². The Hall–Kier alpha value is -8.06. The highest BCUT2D eigenvalue weighted by molar-refractivity contribution is 6.47. The molecular weight excluding hydrogens is 877 g/mol. The van der Waals surface area contributed by atoms with Crippen molar-refractivity contribution < 1.29 is 0 Å². The molecule has 0 nitrogen and oxygen atoms in total. The number of hydrogen-bond donors (Lipinski definition) is 0. The first kappa shape index (κ1) is 43.7. The van der Waals surface area contributed by atoms with Gasteiger partial charge in [0, 0.05) is 0 Å². The minimum Gasteiger partial charge on any atom is -0.0776 e. The molecule has 15 rings (SSSR count). The first-order valence-corrected chi connectivity index (χ1v) is 25.9. The van der Waals surface area contributed by atoms with Crippen LogP contribution in [-0.2, 0) is 10.8 Å². The molecule has 0 aromatic heterocycles. The van der Waals surface area contributed by atoms with Gasteiger partial charge in [-0.2, -0.15) is 0 Å². The van der Waals surface area contributed by atoms with E-state index >= 15 is 0 Å². The third-order valence-corrected chi connectivity index (χ3v) is 16.9. The smallest absolute Gasteiger partial charge is 0.000697 e. The van der Waals surface area contributed by atoms with E-state index in [1.54, 1.807) is 0 Å².